The molecule has 0 heterocycles. The van der Waals surface area contributed by atoms with Gasteiger partial charge in [-0.25, -0.2) is 0 Å². The van der Waals surface area contributed by atoms with Gasteiger partial charge in [0, 0.05) is 18.7 Å². The summed E-state index contributed by atoms with van der Waals surface area (Å²) in [6.45, 7) is 5.61. The number of hydrogen-bond donors (Lipinski definition) is 2. The molecule has 1 aliphatic rings. The second kappa shape index (κ2) is 6.38. The van der Waals surface area contributed by atoms with E-state index in [1.54, 1.807) is 0 Å². The molecule has 1 rings (SSSR count). The van der Waals surface area contributed by atoms with E-state index in [1.165, 1.54) is 12.8 Å². The zero-order chi connectivity index (χ0) is 10.4. The highest BCUT2D eigenvalue weighted by molar-refractivity contribution is 4.82. The standard InChI is InChI=1S/C11H23NO2/c1-3-14-8-9(2)12-10-6-4-5-7-11(10)13/h9-13H,3-8H2,1-2H3/t9?,10-,11-/m1/s1. The third kappa shape index (κ3) is 3.95. The summed E-state index contributed by atoms with van der Waals surface area (Å²) in [4.78, 5) is 0. The van der Waals surface area contributed by atoms with Crippen LogP contribution in [0.3, 0.4) is 0 Å². The number of aliphatic hydroxyl groups is 1. The smallest absolute Gasteiger partial charge is 0.0693 e. The lowest BCUT2D eigenvalue weighted by molar-refractivity contribution is 0.0689. The highest BCUT2D eigenvalue weighted by Crippen LogP contribution is 2.18. The van der Waals surface area contributed by atoms with Crippen molar-refractivity contribution in [3.63, 3.8) is 0 Å². The predicted molar refractivity (Wildman–Crippen MR) is 57.4 cm³/mol. The molecule has 84 valence electrons. The third-order valence-electron chi connectivity index (χ3n) is 2.80. The molecule has 0 spiro atoms. The minimum absolute atomic E-state index is 0.159. The lowest BCUT2D eigenvalue weighted by Crippen LogP contribution is -2.47. The summed E-state index contributed by atoms with van der Waals surface area (Å²) in [5, 5.41) is 13.2. The van der Waals surface area contributed by atoms with E-state index in [-0.39, 0.29) is 12.1 Å². The maximum Gasteiger partial charge on any atom is 0.0693 e. The van der Waals surface area contributed by atoms with Gasteiger partial charge in [-0.15, -0.1) is 0 Å². The third-order valence-corrected chi connectivity index (χ3v) is 2.80. The van der Waals surface area contributed by atoms with E-state index in [0.29, 0.717) is 6.04 Å². The van der Waals surface area contributed by atoms with E-state index in [0.717, 1.165) is 26.1 Å². The fourth-order valence-corrected chi connectivity index (χ4v) is 2.01. The molecule has 2 N–H and O–H groups in total. The lowest BCUT2D eigenvalue weighted by Gasteiger charge is -2.31. The van der Waals surface area contributed by atoms with Crippen LogP contribution in [0.4, 0.5) is 0 Å². The van der Waals surface area contributed by atoms with Gasteiger partial charge < -0.3 is 15.2 Å². The van der Waals surface area contributed by atoms with Gasteiger partial charge in [-0.3, -0.25) is 0 Å². The van der Waals surface area contributed by atoms with Crippen LogP contribution < -0.4 is 5.32 Å². The molecule has 0 aromatic rings. The first kappa shape index (κ1) is 12.0. The van der Waals surface area contributed by atoms with Gasteiger partial charge in [0.1, 0.15) is 0 Å². The number of rotatable bonds is 5. The first-order valence-electron chi connectivity index (χ1n) is 5.76. The summed E-state index contributed by atoms with van der Waals surface area (Å²) in [6.07, 6.45) is 4.28. The van der Waals surface area contributed by atoms with Crippen molar-refractivity contribution in [3.05, 3.63) is 0 Å². The van der Waals surface area contributed by atoms with Crippen molar-refractivity contribution in [2.45, 2.75) is 57.7 Å². The van der Waals surface area contributed by atoms with Crippen LogP contribution in [0.25, 0.3) is 0 Å². The molecule has 0 bridgehead atoms. The van der Waals surface area contributed by atoms with E-state index in [1.807, 2.05) is 6.92 Å². The highest BCUT2D eigenvalue weighted by atomic mass is 16.5. The molecule has 1 aliphatic carbocycles. The normalized spacial score (nSPS) is 30.2. The minimum atomic E-state index is -0.159. The summed E-state index contributed by atoms with van der Waals surface area (Å²) < 4.78 is 5.33. The maximum absolute atomic E-state index is 9.74. The minimum Gasteiger partial charge on any atom is -0.392 e. The van der Waals surface area contributed by atoms with Crippen LogP contribution in [0, 0.1) is 0 Å². The van der Waals surface area contributed by atoms with Gasteiger partial charge >= 0.3 is 0 Å². The highest BCUT2D eigenvalue weighted by Gasteiger charge is 2.23. The molecule has 3 atom stereocenters. The largest absolute Gasteiger partial charge is 0.392 e. The topological polar surface area (TPSA) is 41.5 Å². The van der Waals surface area contributed by atoms with Gasteiger partial charge in [-0.05, 0) is 26.7 Å². The summed E-state index contributed by atoms with van der Waals surface area (Å²) in [5.41, 5.74) is 0. The predicted octanol–water partition coefficient (Wildman–Crippen LogP) is 1.30. The van der Waals surface area contributed by atoms with Gasteiger partial charge in [-0.1, -0.05) is 12.8 Å². The Labute approximate surface area is 86.8 Å². The lowest BCUT2D eigenvalue weighted by atomic mass is 9.92. The Hall–Kier alpha value is -0.120. The van der Waals surface area contributed by atoms with Crippen molar-refractivity contribution in [2.24, 2.45) is 0 Å². The molecule has 3 nitrogen and oxygen atoms in total. The molecule has 0 aliphatic heterocycles. The van der Waals surface area contributed by atoms with E-state index in [4.69, 9.17) is 4.74 Å². The zero-order valence-electron chi connectivity index (χ0n) is 9.33. The fraction of sp³-hybridized carbons (Fsp3) is 1.00. The van der Waals surface area contributed by atoms with Crippen molar-refractivity contribution in [2.75, 3.05) is 13.2 Å². The second-order valence-electron chi connectivity index (χ2n) is 4.19. The maximum atomic E-state index is 9.74. The summed E-state index contributed by atoms with van der Waals surface area (Å²) in [7, 11) is 0. The SMILES string of the molecule is CCOCC(C)N[C@@H]1CCCC[C@H]1O. The Morgan fingerprint density at radius 1 is 1.43 bits per heavy atom. The van der Waals surface area contributed by atoms with Crippen molar-refractivity contribution >= 4 is 0 Å². The second-order valence-corrected chi connectivity index (χ2v) is 4.19. The van der Waals surface area contributed by atoms with Crippen molar-refractivity contribution in [1.82, 2.24) is 5.32 Å². The van der Waals surface area contributed by atoms with Crippen LogP contribution in [0.5, 0.6) is 0 Å². The molecule has 14 heavy (non-hydrogen) atoms. The average molecular weight is 201 g/mol. The van der Waals surface area contributed by atoms with Crippen LogP contribution in [-0.2, 0) is 4.74 Å². The first-order chi connectivity index (χ1) is 6.74. The molecule has 0 aromatic carbocycles. The molecule has 0 amide bonds. The van der Waals surface area contributed by atoms with E-state index in [2.05, 4.69) is 12.2 Å². The quantitative estimate of drug-likeness (QED) is 0.704. The molecule has 1 saturated carbocycles. The molecule has 1 fully saturated rings. The van der Waals surface area contributed by atoms with E-state index >= 15 is 0 Å². The molecule has 0 aromatic heterocycles. The summed E-state index contributed by atoms with van der Waals surface area (Å²) in [5.74, 6) is 0. The van der Waals surface area contributed by atoms with E-state index < -0.39 is 0 Å². The van der Waals surface area contributed by atoms with Crippen LogP contribution in [0.1, 0.15) is 39.5 Å². The van der Waals surface area contributed by atoms with Crippen molar-refractivity contribution < 1.29 is 9.84 Å². The Morgan fingerprint density at radius 3 is 2.79 bits per heavy atom. The Kier molecular flexibility index (Phi) is 5.45. The first-order valence-corrected chi connectivity index (χ1v) is 5.76. The van der Waals surface area contributed by atoms with Gasteiger partial charge in [0.25, 0.3) is 0 Å². The zero-order valence-corrected chi connectivity index (χ0v) is 9.33. The molecular weight excluding hydrogens is 178 g/mol. The van der Waals surface area contributed by atoms with E-state index in [9.17, 15) is 5.11 Å². The summed E-state index contributed by atoms with van der Waals surface area (Å²) >= 11 is 0. The number of nitrogens with one attached hydrogen (secondary N) is 1. The van der Waals surface area contributed by atoms with Crippen LogP contribution in [0.2, 0.25) is 0 Å². The molecule has 3 heteroatoms. The number of ether oxygens (including phenoxy) is 1. The van der Waals surface area contributed by atoms with Gasteiger partial charge in [0.2, 0.25) is 0 Å². The molecular formula is C11H23NO2. The van der Waals surface area contributed by atoms with Crippen LogP contribution in [0.15, 0.2) is 0 Å². The number of aliphatic hydroxyl groups excluding tert-OH is 1. The summed E-state index contributed by atoms with van der Waals surface area (Å²) in [6, 6.07) is 0.618. The monoisotopic (exact) mass is 201 g/mol. The Morgan fingerprint density at radius 2 is 2.14 bits per heavy atom. The van der Waals surface area contributed by atoms with Crippen LogP contribution in [-0.4, -0.2) is 36.5 Å². The van der Waals surface area contributed by atoms with Crippen molar-refractivity contribution in [1.29, 1.82) is 0 Å². The number of hydrogen-bond acceptors (Lipinski definition) is 3. The fourth-order valence-electron chi connectivity index (χ4n) is 2.01. The van der Waals surface area contributed by atoms with Gasteiger partial charge in [0.15, 0.2) is 0 Å². The van der Waals surface area contributed by atoms with Crippen molar-refractivity contribution in [3.8, 4) is 0 Å². The molecule has 0 saturated heterocycles. The van der Waals surface area contributed by atoms with Gasteiger partial charge in [-0.2, -0.15) is 0 Å². The van der Waals surface area contributed by atoms with Gasteiger partial charge in [0.05, 0.1) is 12.7 Å². The van der Waals surface area contributed by atoms with Crippen LogP contribution >= 0.6 is 0 Å². The average Bonchev–Trinajstić information content (AvgIpc) is 2.18. The molecule has 0 radical (unpaired) electrons. The Balaban J connectivity index is 2.20. The Bertz CT molecular complexity index is 152. The molecule has 1 unspecified atom stereocenters.